The molecule has 64 heavy (non-hydrogen) atoms. The highest BCUT2D eigenvalue weighted by Crippen LogP contribution is 2.56. The van der Waals surface area contributed by atoms with E-state index in [9.17, 15) is 12.3 Å². The van der Waals surface area contributed by atoms with Crippen LogP contribution in [0.15, 0.2) is 127 Å². The number of benzene rings is 6. The number of para-hydroxylation sites is 1. The highest BCUT2D eigenvalue weighted by molar-refractivity contribution is 5.98. The lowest BCUT2D eigenvalue weighted by molar-refractivity contribution is -0.997. The highest BCUT2D eigenvalue weighted by atomic mass is 16.5. The molecule has 8 aromatic rings. The maximum Gasteiger partial charge on any atom is 0.499 e. The van der Waals surface area contributed by atoms with Crippen molar-refractivity contribution in [3.63, 3.8) is 0 Å². The van der Waals surface area contributed by atoms with Gasteiger partial charge in [0.05, 0.1) is 13.8 Å². The van der Waals surface area contributed by atoms with E-state index >= 15 is 0 Å². The van der Waals surface area contributed by atoms with Gasteiger partial charge < -0.3 is 4.74 Å². The summed E-state index contributed by atoms with van der Waals surface area (Å²) in [6, 6.07) is 25.9. The number of nitrogens with zero attached hydrogens (tertiary/aromatic N) is 3. The fourth-order valence-electron chi connectivity index (χ4n) is 10.2. The standard InChI is InChI=1S/C60H61N3O/c1-34(2)42-29-48(37(7)8)57-51(30-42)58-62(44-25-23-40(24-26-44)54-45(35(3)4)15-13-16-46(54)36(5)6)52-18-14-17-47-49-32-43(59(10,11)12)33-50-53-31-41(39-21-19-38(9)20-22-39)27-28-61(53)60(64-57,55(49)50)63(58)56(47)52/h13-37H,1-12H3/q+2/i19D,20D,21D,22D,27D,28D,31D,34D,35D,36D,37D. The molecular formula is C60H61N3O+2. The van der Waals surface area contributed by atoms with Crippen LogP contribution in [-0.2, 0) is 11.3 Å². The molecule has 1 spiro atoms. The summed E-state index contributed by atoms with van der Waals surface area (Å²) in [6.07, 6.45) is -0.390. The van der Waals surface area contributed by atoms with E-state index in [0.29, 0.717) is 39.4 Å². The second-order valence-corrected chi connectivity index (χ2v) is 19.7. The first-order valence-corrected chi connectivity index (χ1v) is 22.3. The minimum atomic E-state index is -1.87. The second-order valence-electron chi connectivity index (χ2n) is 19.7. The molecule has 6 aromatic carbocycles. The Balaban J connectivity index is 1.34. The maximum absolute atomic E-state index is 10.3. The average Bonchev–Trinajstić information content (AvgIpc) is 4.08. The Kier molecular flexibility index (Phi) is 6.61. The summed E-state index contributed by atoms with van der Waals surface area (Å²) < 4.78 is 118. The minimum Gasteiger partial charge on any atom is -0.392 e. The third kappa shape index (κ3) is 5.66. The summed E-state index contributed by atoms with van der Waals surface area (Å²) in [6.45, 7) is 22.4. The van der Waals surface area contributed by atoms with E-state index in [-0.39, 0.29) is 46.7 Å². The van der Waals surface area contributed by atoms with Crippen LogP contribution in [0.1, 0.15) is 154 Å². The zero-order valence-electron chi connectivity index (χ0n) is 49.8. The molecule has 320 valence electrons. The average molecular weight is 851 g/mol. The highest BCUT2D eigenvalue weighted by Gasteiger charge is 2.69. The SMILES string of the molecule is [2H]c1c([2H])c(-c2c([2H])c([2H])[n+]3c(c2[2H])-c2cc(C(C)(C)C)cc4c2C32Oc3c(cc(C([2H])(C)C)cc3C([2H])(C)C)-c3n(-c5ccc(-c6c(C([2H])(C)C)cccc6C([2H])(C)C)cc5)c5cccc-4c5[n+]32)c([2H])c([2H])c1C. The van der Waals surface area contributed by atoms with Gasteiger partial charge in [0.15, 0.2) is 23.0 Å². The summed E-state index contributed by atoms with van der Waals surface area (Å²) >= 11 is 0. The Hall–Kier alpha value is -6.26. The minimum absolute atomic E-state index is 0.135. The number of hydrogen-bond acceptors (Lipinski definition) is 1. The van der Waals surface area contributed by atoms with Gasteiger partial charge in [0.25, 0.3) is 0 Å². The third-order valence-electron chi connectivity index (χ3n) is 13.4. The number of ether oxygens (including phenoxy) is 1. The van der Waals surface area contributed by atoms with Crippen LogP contribution in [0.25, 0.3) is 72.7 Å². The molecule has 0 saturated heterocycles. The Morgan fingerprint density at radius 3 is 1.95 bits per heavy atom. The van der Waals surface area contributed by atoms with Gasteiger partial charge in [0.2, 0.25) is 5.69 Å². The molecule has 1 unspecified atom stereocenters. The van der Waals surface area contributed by atoms with E-state index in [1.165, 1.54) is 6.92 Å². The molecule has 0 bridgehead atoms. The lowest BCUT2D eigenvalue weighted by Crippen LogP contribution is -2.78. The Labute approximate surface area is 395 Å². The van der Waals surface area contributed by atoms with Crippen LogP contribution >= 0.6 is 0 Å². The molecule has 0 aliphatic carbocycles. The van der Waals surface area contributed by atoms with E-state index in [0.717, 1.165) is 55.7 Å². The van der Waals surface area contributed by atoms with Gasteiger partial charge in [0, 0.05) is 28.7 Å². The van der Waals surface area contributed by atoms with Gasteiger partial charge in [-0.2, -0.15) is 4.57 Å². The summed E-state index contributed by atoms with van der Waals surface area (Å²) in [4.78, 5) is 0. The molecule has 4 nitrogen and oxygen atoms in total. The molecular weight excluding hydrogens is 779 g/mol. The van der Waals surface area contributed by atoms with Crippen LogP contribution in [0.3, 0.4) is 0 Å². The smallest absolute Gasteiger partial charge is 0.392 e. The van der Waals surface area contributed by atoms with E-state index in [1.807, 2.05) is 114 Å². The van der Waals surface area contributed by atoms with E-state index in [1.54, 1.807) is 18.4 Å². The lowest BCUT2D eigenvalue weighted by atomic mass is 9.80. The number of pyridine rings is 1. The summed E-state index contributed by atoms with van der Waals surface area (Å²) in [5, 5.41) is 0. The van der Waals surface area contributed by atoms with Crippen LogP contribution in [0.4, 0.5) is 0 Å². The molecule has 4 heteroatoms. The molecule has 2 aromatic heterocycles. The number of imidazole rings is 1. The molecule has 11 rings (SSSR count). The lowest BCUT2D eigenvalue weighted by Gasteiger charge is -2.34. The summed E-state index contributed by atoms with van der Waals surface area (Å²) in [7, 11) is 0. The maximum atomic E-state index is 10.3. The number of rotatable bonds is 7. The molecule has 0 amide bonds. The van der Waals surface area contributed by atoms with Crippen LogP contribution in [-0.4, -0.2) is 4.57 Å². The molecule has 0 N–H and O–H groups in total. The molecule has 5 heterocycles. The predicted molar refractivity (Wildman–Crippen MR) is 264 cm³/mol. The zero-order valence-corrected chi connectivity index (χ0v) is 38.8. The van der Waals surface area contributed by atoms with Gasteiger partial charge in [-0.25, -0.2) is 0 Å². The van der Waals surface area contributed by atoms with Crippen molar-refractivity contribution in [1.82, 2.24) is 4.57 Å². The first-order valence-electron chi connectivity index (χ1n) is 27.8. The quantitative estimate of drug-likeness (QED) is 0.146. The Morgan fingerprint density at radius 2 is 1.31 bits per heavy atom. The first-order chi connectivity index (χ1) is 34.7. The van der Waals surface area contributed by atoms with Crippen molar-refractivity contribution in [2.45, 2.75) is 118 Å². The molecule has 0 saturated carbocycles. The van der Waals surface area contributed by atoms with Crippen molar-refractivity contribution in [3.8, 4) is 67.5 Å². The topological polar surface area (TPSA) is 21.9 Å². The van der Waals surface area contributed by atoms with Crippen LogP contribution in [0, 0.1) is 6.92 Å². The summed E-state index contributed by atoms with van der Waals surface area (Å²) in [5.74, 6) is -5.34. The van der Waals surface area contributed by atoms with Gasteiger partial charge in [0.1, 0.15) is 18.2 Å². The van der Waals surface area contributed by atoms with Crippen molar-refractivity contribution in [1.29, 1.82) is 0 Å². The van der Waals surface area contributed by atoms with Crippen molar-refractivity contribution >= 4 is 11.0 Å². The molecule has 3 aliphatic heterocycles. The fraction of sp³-hybridized carbons (Fsp3) is 0.300. The number of hydrogen-bond donors (Lipinski definition) is 0. The second kappa shape index (κ2) is 14.1. The van der Waals surface area contributed by atoms with Crippen LogP contribution < -0.4 is 13.9 Å². The monoisotopic (exact) mass is 851 g/mol. The van der Waals surface area contributed by atoms with Gasteiger partial charge in [-0.1, -0.05) is 148 Å². The van der Waals surface area contributed by atoms with Gasteiger partial charge >= 0.3 is 11.7 Å². The van der Waals surface area contributed by atoms with Gasteiger partial charge in [-0.05, 0) is 128 Å². The molecule has 0 fully saturated rings. The van der Waals surface area contributed by atoms with Crippen molar-refractivity contribution < 1.29 is 28.9 Å². The third-order valence-corrected chi connectivity index (χ3v) is 13.4. The number of fused-ring (bicyclic) bond motifs is 5. The number of aromatic nitrogens is 3. The first kappa shape index (κ1) is 30.0. The van der Waals surface area contributed by atoms with E-state index < -0.39 is 53.0 Å². The van der Waals surface area contributed by atoms with E-state index in [2.05, 4.69) is 42.0 Å². The van der Waals surface area contributed by atoms with Gasteiger partial charge in [-0.3, -0.25) is 0 Å². The van der Waals surface area contributed by atoms with Gasteiger partial charge in [-0.15, -0.1) is 9.13 Å². The van der Waals surface area contributed by atoms with Crippen molar-refractivity contribution in [3.05, 3.63) is 166 Å². The molecule has 0 radical (unpaired) electrons. The van der Waals surface area contributed by atoms with Crippen molar-refractivity contribution in [2.24, 2.45) is 0 Å². The molecule has 3 aliphatic rings. The predicted octanol–water partition coefficient (Wildman–Crippen LogP) is 14.9. The molecule has 1 atom stereocenters. The largest absolute Gasteiger partial charge is 0.499 e. The normalized spacial score (nSPS) is 18.7. The fourth-order valence-corrected chi connectivity index (χ4v) is 10.2. The Morgan fingerprint density at radius 1 is 0.656 bits per heavy atom. The van der Waals surface area contributed by atoms with Crippen LogP contribution in [0.2, 0.25) is 0 Å². The van der Waals surface area contributed by atoms with Crippen molar-refractivity contribution in [2.75, 3.05) is 0 Å². The van der Waals surface area contributed by atoms with E-state index in [4.69, 9.17) is 7.48 Å². The summed E-state index contributed by atoms with van der Waals surface area (Å²) in [5.41, 5.74) is 10.4. The Bertz CT molecular complexity index is 3800. The van der Waals surface area contributed by atoms with Crippen LogP contribution in [0.5, 0.6) is 5.75 Å². The zero-order chi connectivity index (χ0) is 54.5.